The number of aromatic nitrogens is 2. The zero-order valence-corrected chi connectivity index (χ0v) is 15.5. The summed E-state index contributed by atoms with van der Waals surface area (Å²) in [6, 6.07) is 4.22. The largest absolute Gasteiger partial charge is 0.494 e. The van der Waals surface area contributed by atoms with Crippen LogP contribution in [-0.2, 0) is 4.74 Å². The van der Waals surface area contributed by atoms with E-state index < -0.39 is 11.7 Å². The van der Waals surface area contributed by atoms with Crippen LogP contribution in [0.1, 0.15) is 58.9 Å². The van der Waals surface area contributed by atoms with Gasteiger partial charge in [-0.3, -0.25) is 10.00 Å². The van der Waals surface area contributed by atoms with Gasteiger partial charge in [0.25, 0.3) is 0 Å². The smallest absolute Gasteiger partial charge is 0.412 e. The van der Waals surface area contributed by atoms with Crippen molar-refractivity contribution in [1.29, 1.82) is 0 Å². The van der Waals surface area contributed by atoms with Gasteiger partial charge < -0.3 is 9.47 Å². The molecule has 1 aromatic heterocycles. The Labute approximate surface area is 148 Å². The van der Waals surface area contributed by atoms with Gasteiger partial charge in [-0.1, -0.05) is 19.3 Å². The van der Waals surface area contributed by atoms with Crippen LogP contribution in [0.2, 0.25) is 0 Å². The molecule has 0 bridgehead atoms. The number of hydrogen-bond donors (Lipinski definition) is 1. The summed E-state index contributed by atoms with van der Waals surface area (Å²) < 4.78 is 12.8. The third kappa shape index (κ3) is 4.24. The molecule has 1 aliphatic carbocycles. The van der Waals surface area contributed by atoms with Gasteiger partial charge in [-0.15, -0.1) is 0 Å². The fraction of sp³-hybridized carbons (Fsp3) is 0.579. The number of amides is 1. The lowest BCUT2D eigenvalue weighted by Gasteiger charge is -2.21. The molecule has 25 heavy (non-hydrogen) atoms. The van der Waals surface area contributed by atoms with Crippen LogP contribution in [0.3, 0.4) is 0 Å². The molecular weight excluding hydrogens is 318 g/mol. The molecule has 0 radical (unpaired) electrons. The summed E-state index contributed by atoms with van der Waals surface area (Å²) in [5.74, 6) is 0.576. The first-order valence-electron chi connectivity index (χ1n) is 8.92. The van der Waals surface area contributed by atoms with Crippen LogP contribution >= 0.6 is 0 Å². The summed E-state index contributed by atoms with van der Waals surface area (Å²) >= 11 is 0. The van der Waals surface area contributed by atoms with E-state index in [0.29, 0.717) is 17.5 Å². The average Bonchev–Trinajstić information content (AvgIpc) is 2.96. The van der Waals surface area contributed by atoms with Gasteiger partial charge in [-0.05, 0) is 39.7 Å². The van der Waals surface area contributed by atoms with Gasteiger partial charge in [-0.2, -0.15) is 5.10 Å². The van der Waals surface area contributed by atoms with E-state index in [1.807, 2.05) is 32.9 Å². The maximum absolute atomic E-state index is 12.1. The maximum Gasteiger partial charge on any atom is 0.412 e. The molecular formula is C19H27N3O3. The second-order valence-electron chi connectivity index (χ2n) is 7.64. The lowest BCUT2D eigenvalue weighted by atomic mass is 9.96. The number of ether oxygens (including phenoxy) is 2. The zero-order chi connectivity index (χ0) is 18.0. The highest BCUT2D eigenvalue weighted by molar-refractivity contribution is 5.93. The number of nitrogens with zero attached hydrogens (tertiary/aromatic N) is 2. The number of hydrogen-bond acceptors (Lipinski definition) is 4. The molecule has 6 nitrogen and oxygen atoms in total. The third-order valence-corrected chi connectivity index (χ3v) is 4.43. The Hall–Kier alpha value is -2.24. The van der Waals surface area contributed by atoms with Gasteiger partial charge >= 0.3 is 6.09 Å². The highest BCUT2D eigenvalue weighted by Crippen LogP contribution is 2.33. The first-order chi connectivity index (χ1) is 11.9. The summed E-state index contributed by atoms with van der Waals surface area (Å²) in [5, 5.41) is 8.48. The fourth-order valence-corrected chi connectivity index (χ4v) is 3.28. The molecule has 2 aromatic rings. The van der Waals surface area contributed by atoms with E-state index in [2.05, 4.69) is 16.2 Å². The van der Waals surface area contributed by atoms with Crippen molar-refractivity contribution in [2.24, 2.45) is 0 Å². The van der Waals surface area contributed by atoms with Crippen LogP contribution in [0.25, 0.3) is 10.9 Å². The second-order valence-corrected chi connectivity index (χ2v) is 7.64. The summed E-state index contributed by atoms with van der Waals surface area (Å²) in [7, 11) is 1.58. The number of carbonyl (C=O) groups is 1. The van der Waals surface area contributed by atoms with E-state index in [1.54, 1.807) is 7.11 Å². The predicted octanol–water partition coefficient (Wildman–Crippen LogP) is 4.90. The van der Waals surface area contributed by atoms with Gasteiger partial charge in [0.15, 0.2) is 0 Å². The number of nitrogens with one attached hydrogen (secondary N) is 1. The third-order valence-electron chi connectivity index (χ3n) is 4.43. The van der Waals surface area contributed by atoms with Gasteiger partial charge in [0, 0.05) is 17.6 Å². The van der Waals surface area contributed by atoms with Gasteiger partial charge in [0.2, 0.25) is 0 Å². The van der Waals surface area contributed by atoms with E-state index in [-0.39, 0.29) is 0 Å². The van der Waals surface area contributed by atoms with Crippen LogP contribution < -0.4 is 10.1 Å². The Bertz CT molecular complexity index is 755. The van der Waals surface area contributed by atoms with Crippen LogP contribution in [-0.4, -0.2) is 28.6 Å². The molecule has 0 spiro atoms. The van der Waals surface area contributed by atoms with E-state index >= 15 is 0 Å². The molecule has 1 aliphatic rings. The Morgan fingerprint density at radius 2 is 1.96 bits per heavy atom. The van der Waals surface area contributed by atoms with Crippen molar-refractivity contribution in [3.8, 4) is 5.75 Å². The van der Waals surface area contributed by atoms with E-state index in [1.165, 1.54) is 32.1 Å². The van der Waals surface area contributed by atoms with Crippen LogP contribution in [0, 0.1) is 0 Å². The maximum atomic E-state index is 12.1. The molecule has 0 unspecified atom stereocenters. The Balaban J connectivity index is 1.86. The molecule has 0 aliphatic heterocycles. The number of benzene rings is 1. The minimum absolute atomic E-state index is 0.467. The van der Waals surface area contributed by atoms with Crippen molar-refractivity contribution in [2.75, 3.05) is 12.4 Å². The van der Waals surface area contributed by atoms with Crippen molar-refractivity contribution >= 4 is 22.7 Å². The molecule has 6 heteroatoms. The molecule has 1 fully saturated rings. The van der Waals surface area contributed by atoms with Crippen molar-refractivity contribution in [3.05, 3.63) is 18.3 Å². The SMILES string of the molecule is COc1cc2nn(C3CCCCC3)cc2cc1NC(=O)OC(C)(C)C. The van der Waals surface area contributed by atoms with E-state index in [4.69, 9.17) is 14.6 Å². The highest BCUT2D eigenvalue weighted by Gasteiger charge is 2.20. The molecule has 1 amide bonds. The number of carbonyl (C=O) groups excluding carboxylic acids is 1. The van der Waals surface area contributed by atoms with Gasteiger partial charge in [0.1, 0.15) is 11.4 Å². The molecule has 1 heterocycles. The first-order valence-corrected chi connectivity index (χ1v) is 8.92. The Kier molecular flexibility index (Phi) is 4.88. The molecule has 1 aromatic carbocycles. The topological polar surface area (TPSA) is 65.4 Å². The highest BCUT2D eigenvalue weighted by atomic mass is 16.6. The lowest BCUT2D eigenvalue weighted by Crippen LogP contribution is -2.27. The second kappa shape index (κ2) is 6.94. The molecule has 0 atom stereocenters. The van der Waals surface area contributed by atoms with Crippen LogP contribution in [0.5, 0.6) is 5.75 Å². The van der Waals surface area contributed by atoms with Crippen LogP contribution in [0.15, 0.2) is 18.3 Å². The molecule has 136 valence electrons. The van der Waals surface area contributed by atoms with Crippen molar-refractivity contribution in [1.82, 2.24) is 9.78 Å². The lowest BCUT2D eigenvalue weighted by molar-refractivity contribution is 0.0635. The molecule has 3 rings (SSSR count). The van der Waals surface area contributed by atoms with Gasteiger partial charge in [-0.25, -0.2) is 4.79 Å². The zero-order valence-electron chi connectivity index (χ0n) is 15.5. The summed E-state index contributed by atoms with van der Waals surface area (Å²) in [4.78, 5) is 12.1. The number of rotatable bonds is 3. The van der Waals surface area contributed by atoms with E-state index in [9.17, 15) is 4.79 Å². The normalized spacial score (nSPS) is 16.0. The fourth-order valence-electron chi connectivity index (χ4n) is 3.28. The monoisotopic (exact) mass is 345 g/mol. The molecule has 1 saturated carbocycles. The Morgan fingerprint density at radius 3 is 2.60 bits per heavy atom. The first kappa shape index (κ1) is 17.6. The average molecular weight is 345 g/mol. The predicted molar refractivity (Wildman–Crippen MR) is 98.3 cm³/mol. The minimum Gasteiger partial charge on any atom is -0.494 e. The number of fused-ring (bicyclic) bond motifs is 1. The van der Waals surface area contributed by atoms with Crippen LogP contribution in [0.4, 0.5) is 10.5 Å². The number of methoxy groups -OCH3 is 1. The van der Waals surface area contributed by atoms with E-state index in [0.717, 1.165) is 10.9 Å². The molecule has 0 saturated heterocycles. The van der Waals surface area contributed by atoms with Crippen molar-refractivity contribution in [3.63, 3.8) is 0 Å². The van der Waals surface area contributed by atoms with Crippen molar-refractivity contribution < 1.29 is 14.3 Å². The quantitative estimate of drug-likeness (QED) is 0.859. The standard InChI is InChI=1S/C19H27N3O3/c1-19(2,3)25-18(23)20-16-10-13-12-22(14-8-6-5-7-9-14)21-15(13)11-17(16)24-4/h10-12,14H,5-9H2,1-4H3,(H,20,23). The minimum atomic E-state index is -0.548. The summed E-state index contributed by atoms with van der Waals surface area (Å²) in [6.07, 6.45) is 7.75. The summed E-state index contributed by atoms with van der Waals surface area (Å²) in [6.45, 7) is 5.50. The van der Waals surface area contributed by atoms with Crippen molar-refractivity contribution in [2.45, 2.75) is 64.5 Å². The molecule has 1 N–H and O–H groups in total. The number of anilines is 1. The van der Waals surface area contributed by atoms with Gasteiger partial charge in [0.05, 0.1) is 24.4 Å². The Morgan fingerprint density at radius 1 is 1.24 bits per heavy atom. The summed E-state index contributed by atoms with van der Waals surface area (Å²) in [5.41, 5.74) is 0.914.